The minimum Gasteiger partial charge on any atom is -0.481 e. The van der Waals surface area contributed by atoms with Crippen LogP contribution in [0.3, 0.4) is 0 Å². The predicted molar refractivity (Wildman–Crippen MR) is 80.3 cm³/mol. The van der Waals surface area contributed by atoms with Crippen molar-refractivity contribution in [3.05, 3.63) is 36.5 Å². The molecule has 0 amide bonds. The Labute approximate surface area is 116 Å². The Morgan fingerprint density at radius 2 is 1.79 bits per heavy atom. The zero-order chi connectivity index (χ0) is 14.3. The molecule has 1 aliphatic rings. The van der Waals surface area contributed by atoms with Crippen molar-refractivity contribution in [1.29, 1.82) is 0 Å². The fourth-order valence-electron chi connectivity index (χ4n) is 1.39. The van der Waals surface area contributed by atoms with Gasteiger partial charge in [0.05, 0.1) is 5.92 Å². The van der Waals surface area contributed by atoms with Crippen molar-refractivity contribution in [2.45, 2.75) is 20.3 Å². The molecule has 0 saturated carbocycles. The predicted octanol–water partition coefficient (Wildman–Crippen LogP) is 1.96. The Morgan fingerprint density at radius 3 is 2.11 bits per heavy atom. The standard InChI is InChI=1S/C8H18N2.C7H8O2/c1-3-9-7-5-6-8-10-4-2;8-7(9)6-4-2-1-3-5-6/h5-6,9-10H,3-4,7-8H2,1-2H3;1-4,6H,5H2,(H,8,9)/b6-5+;. The zero-order valence-corrected chi connectivity index (χ0v) is 11.9. The Hall–Kier alpha value is -1.39. The van der Waals surface area contributed by atoms with Gasteiger partial charge >= 0.3 is 5.97 Å². The van der Waals surface area contributed by atoms with E-state index in [1.54, 1.807) is 12.2 Å². The van der Waals surface area contributed by atoms with E-state index in [9.17, 15) is 4.79 Å². The molecule has 0 heterocycles. The second-order valence-electron chi connectivity index (χ2n) is 4.08. The van der Waals surface area contributed by atoms with Crippen LogP contribution in [-0.2, 0) is 4.79 Å². The first-order valence-electron chi connectivity index (χ1n) is 6.84. The Kier molecular flexibility index (Phi) is 12.1. The van der Waals surface area contributed by atoms with Crippen molar-refractivity contribution < 1.29 is 9.90 Å². The lowest BCUT2D eigenvalue weighted by molar-refractivity contribution is -0.139. The Balaban J connectivity index is 0.000000342. The summed E-state index contributed by atoms with van der Waals surface area (Å²) in [5, 5.41) is 14.9. The van der Waals surface area contributed by atoms with Crippen LogP contribution in [0.1, 0.15) is 20.3 Å². The van der Waals surface area contributed by atoms with E-state index in [1.165, 1.54) is 0 Å². The van der Waals surface area contributed by atoms with Crippen molar-refractivity contribution in [3.63, 3.8) is 0 Å². The van der Waals surface area contributed by atoms with Crippen LogP contribution >= 0.6 is 0 Å². The van der Waals surface area contributed by atoms with Crippen LogP contribution in [0.4, 0.5) is 0 Å². The highest BCUT2D eigenvalue weighted by Crippen LogP contribution is 2.10. The lowest BCUT2D eigenvalue weighted by atomic mass is 10.0. The van der Waals surface area contributed by atoms with Gasteiger partial charge in [0, 0.05) is 13.1 Å². The van der Waals surface area contributed by atoms with Crippen LogP contribution in [0.2, 0.25) is 0 Å². The first kappa shape index (κ1) is 17.6. The number of carboxylic acid groups (broad SMARTS) is 1. The number of aliphatic carboxylic acids is 1. The summed E-state index contributed by atoms with van der Waals surface area (Å²) in [4.78, 5) is 10.3. The summed E-state index contributed by atoms with van der Waals surface area (Å²) in [5.74, 6) is -1.04. The fourth-order valence-corrected chi connectivity index (χ4v) is 1.39. The van der Waals surface area contributed by atoms with E-state index in [2.05, 4.69) is 36.6 Å². The molecule has 0 radical (unpaired) electrons. The van der Waals surface area contributed by atoms with Crippen LogP contribution in [0.15, 0.2) is 36.5 Å². The summed E-state index contributed by atoms with van der Waals surface area (Å²) in [6, 6.07) is 0. The van der Waals surface area contributed by atoms with Crippen LogP contribution in [-0.4, -0.2) is 37.3 Å². The van der Waals surface area contributed by atoms with Crippen LogP contribution in [0.5, 0.6) is 0 Å². The fraction of sp³-hybridized carbons (Fsp3) is 0.533. The van der Waals surface area contributed by atoms with Gasteiger partial charge in [0.2, 0.25) is 0 Å². The largest absolute Gasteiger partial charge is 0.481 e. The number of likely N-dealkylation sites (N-methyl/N-ethyl adjacent to an activating group) is 2. The molecule has 4 heteroatoms. The van der Waals surface area contributed by atoms with Crippen molar-refractivity contribution in [2.24, 2.45) is 5.92 Å². The van der Waals surface area contributed by atoms with Gasteiger partial charge in [0.25, 0.3) is 0 Å². The topological polar surface area (TPSA) is 61.4 Å². The second kappa shape index (κ2) is 13.1. The third kappa shape index (κ3) is 11.4. The van der Waals surface area contributed by atoms with Crippen molar-refractivity contribution in [3.8, 4) is 0 Å². The number of carboxylic acids is 1. The minimum absolute atomic E-state index is 0.296. The van der Waals surface area contributed by atoms with E-state index in [-0.39, 0.29) is 5.92 Å². The number of hydrogen-bond acceptors (Lipinski definition) is 3. The van der Waals surface area contributed by atoms with Crippen LogP contribution < -0.4 is 10.6 Å². The lowest BCUT2D eigenvalue weighted by Gasteiger charge is -2.04. The second-order valence-corrected chi connectivity index (χ2v) is 4.08. The van der Waals surface area contributed by atoms with E-state index in [0.717, 1.165) is 26.2 Å². The maximum Gasteiger partial charge on any atom is 0.310 e. The van der Waals surface area contributed by atoms with Crippen molar-refractivity contribution in [1.82, 2.24) is 10.6 Å². The van der Waals surface area contributed by atoms with Gasteiger partial charge in [-0.05, 0) is 19.5 Å². The van der Waals surface area contributed by atoms with E-state index in [0.29, 0.717) is 6.42 Å². The van der Waals surface area contributed by atoms with Gasteiger partial charge < -0.3 is 15.7 Å². The molecule has 4 nitrogen and oxygen atoms in total. The van der Waals surface area contributed by atoms with Gasteiger partial charge in [-0.3, -0.25) is 4.79 Å². The van der Waals surface area contributed by atoms with Gasteiger partial charge in [-0.2, -0.15) is 0 Å². The third-order valence-corrected chi connectivity index (χ3v) is 2.49. The SMILES string of the molecule is CCNC/C=C/CNCC.O=C(O)C1C=CC=CC1. The highest BCUT2D eigenvalue weighted by atomic mass is 16.4. The van der Waals surface area contributed by atoms with Gasteiger partial charge in [0.1, 0.15) is 0 Å². The van der Waals surface area contributed by atoms with Gasteiger partial charge in [-0.1, -0.05) is 50.3 Å². The molecular formula is C15H26N2O2. The number of rotatable bonds is 7. The highest BCUT2D eigenvalue weighted by molar-refractivity contribution is 5.72. The molecule has 1 atom stereocenters. The van der Waals surface area contributed by atoms with E-state index in [4.69, 9.17) is 5.11 Å². The Morgan fingerprint density at radius 1 is 1.21 bits per heavy atom. The minimum atomic E-state index is -0.740. The van der Waals surface area contributed by atoms with Crippen molar-refractivity contribution >= 4 is 5.97 Å². The first-order chi connectivity index (χ1) is 9.22. The molecule has 1 aliphatic carbocycles. The van der Waals surface area contributed by atoms with Crippen molar-refractivity contribution in [2.75, 3.05) is 26.2 Å². The molecule has 19 heavy (non-hydrogen) atoms. The first-order valence-corrected chi connectivity index (χ1v) is 6.84. The lowest BCUT2D eigenvalue weighted by Crippen LogP contribution is -2.14. The summed E-state index contributed by atoms with van der Waals surface area (Å²) in [7, 11) is 0. The zero-order valence-electron chi connectivity index (χ0n) is 11.9. The quantitative estimate of drug-likeness (QED) is 0.487. The number of hydrogen-bond donors (Lipinski definition) is 3. The van der Waals surface area contributed by atoms with Crippen LogP contribution in [0, 0.1) is 5.92 Å². The van der Waals surface area contributed by atoms with E-state index < -0.39 is 5.97 Å². The summed E-state index contributed by atoms with van der Waals surface area (Å²) in [5.41, 5.74) is 0. The number of allylic oxidation sites excluding steroid dienone is 3. The summed E-state index contributed by atoms with van der Waals surface area (Å²) in [6.07, 6.45) is 12.1. The number of carbonyl (C=O) groups is 1. The van der Waals surface area contributed by atoms with E-state index >= 15 is 0 Å². The number of nitrogens with one attached hydrogen (secondary N) is 2. The summed E-state index contributed by atoms with van der Waals surface area (Å²) >= 11 is 0. The molecule has 0 aromatic heterocycles. The maximum absolute atomic E-state index is 10.3. The molecule has 1 unspecified atom stereocenters. The molecule has 0 spiro atoms. The van der Waals surface area contributed by atoms with E-state index in [1.807, 2.05) is 12.2 Å². The Bertz CT molecular complexity index is 299. The summed E-state index contributed by atoms with van der Waals surface area (Å²) in [6.45, 7) is 8.29. The molecular weight excluding hydrogens is 240 g/mol. The summed E-state index contributed by atoms with van der Waals surface area (Å²) < 4.78 is 0. The molecule has 1 rings (SSSR count). The average Bonchev–Trinajstić information content (AvgIpc) is 2.44. The maximum atomic E-state index is 10.3. The van der Waals surface area contributed by atoms with Gasteiger partial charge in [0.15, 0.2) is 0 Å². The molecule has 0 aromatic rings. The van der Waals surface area contributed by atoms with Gasteiger partial charge in [-0.25, -0.2) is 0 Å². The molecule has 3 N–H and O–H groups in total. The smallest absolute Gasteiger partial charge is 0.310 e. The average molecular weight is 266 g/mol. The molecule has 0 aromatic carbocycles. The van der Waals surface area contributed by atoms with Gasteiger partial charge in [-0.15, -0.1) is 0 Å². The molecule has 0 bridgehead atoms. The molecule has 108 valence electrons. The monoisotopic (exact) mass is 266 g/mol. The highest BCUT2D eigenvalue weighted by Gasteiger charge is 2.12. The molecule has 0 aliphatic heterocycles. The molecule has 0 fully saturated rings. The normalized spacial score (nSPS) is 17.3. The third-order valence-electron chi connectivity index (χ3n) is 2.49. The molecule has 0 saturated heterocycles. The van der Waals surface area contributed by atoms with Crippen LogP contribution in [0.25, 0.3) is 0 Å².